The molecule has 21 heavy (non-hydrogen) atoms. The average molecular weight is 292 g/mol. The minimum atomic E-state index is 0.0429. The van der Waals surface area contributed by atoms with Crippen molar-refractivity contribution < 1.29 is 9.90 Å². The number of amides is 1. The van der Waals surface area contributed by atoms with E-state index in [1.54, 1.807) is 6.08 Å². The summed E-state index contributed by atoms with van der Waals surface area (Å²) in [5.74, 6) is 0.0429. The summed E-state index contributed by atoms with van der Waals surface area (Å²) in [6, 6.07) is 0. The van der Waals surface area contributed by atoms with E-state index in [1.165, 1.54) is 0 Å². The number of hydrogen-bond acceptors (Lipinski definition) is 4. The first-order chi connectivity index (χ1) is 10.0. The highest BCUT2D eigenvalue weighted by molar-refractivity contribution is 5.92. The van der Waals surface area contributed by atoms with Gasteiger partial charge in [-0.3, -0.25) is 14.4 Å². The van der Waals surface area contributed by atoms with Crippen molar-refractivity contribution in [3.63, 3.8) is 0 Å². The van der Waals surface area contributed by atoms with Crippen LogP contribution in [0.2, 0.25) is 0 Å². The van der Waals surface area contributed by atoms with Crippen LogP contribution in [-0.4, -0.2) is 69.9 Å². The van der Waals surface area contributed by atoms with E-state index >= 15 is 0 Å². The maximum absolute atomic E-state index is 12.2. The lowest BCUT2D eigenvalue weighted by Crippen LogP contribution is -2.48. The third-order valence-corrected chi connectivity index (χ3v) is 4.06. The Labute approximate surface area is 125 Å². The van der Waals surface area contributed by atoms with Crippen molar-refractivity contribution in [2.45, 2.75) is 13.8 Å². The Kier molecular flexibility index (Phi) is 5.14. The van der Waals surface area contributed by atoms with Gasteiger partial charge in [-0.25, -0.2) is 0 Å². The van der Waals surface area contributed by atoms with Gasteiger partial charge in [0.25, 0.3) is 0 Å². The summed E-state index contributed by atoms with van der Waals surface area (Å²) in [7, 11) is 1.90. The number of aliphatic hydroxyl groups is 1. The van der Waals surface area contributed by atoms with Gasteiger partial charge < -0.3 is 10.0 Å². The number of hydrogen-bond donors (Lipinski definition) is 1. The number of nitrogens with zero attached hydrogens (tertiary/aromatic N) is 4. The molecule has 2 rings (SSSR count). The molecule has 0 atom stereocenters. The minimum Gasteiger partial charge on any atom is -0.395 e. The second-order valence-corrected chi connectivity index (χ2v) is 5.43. The Hall–Kier alpha value is -1.66. The summed E-state index contributed by atoms with van der Waals surface area (Å²) in [5.41, 5.74) is 3.01. The van der Waals surface area contributed by atoms with Crippen LogP contribution in [0.3, 0.4) is 0 Å². The van der Waals surface area contributed by atoms with E-state index in [1.807, 2.05) is 36.6 Å². The molecule has 2 heterocycles. The number of aromatic nitrogens is 2. The van der Waals surface area contributed by atoms with Crippen molar-refractivity contribution in [3.8, 4) is 0 Å². The first kappa shape index (κ1) is 15.7. The lowest BCUT2D eigenvalue weighted by molar-refractivity contribution is -0.127. The standard InChI is InChI=1S/C15H24N4O2/c1-12-14(13(2)17(3)16-12)4-5-15(21)19-8-6-18(7-9-19)10-11-20/h4-5,20H,6-11H2,1-3H3/b5-4+. The third kappa shape index (κ3) is 3.71. The molecule has 0 bridgehead atoms. The Balaban J connectivity index is 1.94. The summed E-state index contributed by atoms with van der Waals surface area (Å²) < 4.78 is 1.83. The summed E-state index contributed by atoms with van der Waals surface area (Å²) >= 11 is 0. The molecular weight excluding hydrogens is 268 g/mol. The van der Waals surface area contributed by atoms with E-state index in [9.17, 15) is 4.79 Å². The predicted molar refractivity (Wildman–Crippen MR) is 81.8 cm³/mol. The van der Waals surface area contributed by atoms with Crippen LogP contribution in [0.15, 0.2) is 6.08 Å². The van der Waals surface area contributed by atoms with Crippen LogP contribution in [0.25, 0.3) is 6.08 Å². The first-order valence-electron chi connectivity index (χ1n) is 7.33. The lowest BCUT2D eigenvalue weighted by atomic mass is 10.2. The zero-order chi connectivity index (χ0) is 15.4. The number of carbonyl (C=O) groups excluding carboxylic acids is 1. The highest BCUT2D eigenvalue weighted by atomic mass is 16.3. The molecule has 0 aromatic carbocycles. The van der Waals surface area contributed by atoms with Crippen LogP contribution in [0.1, 0.15) is 17.0 Å². The molecule has 1 aromatic rings. The van der Waals surface area contributed by atoms with Crippen LogP contribution in [-0.2, 0) is 11.8 Å². The summed E-state index contributed by atoms with van der Waals surface area (Å²) in [6.07, 6.45) is 3.50. The van der Waals surface area contributed by atoms with Gasteiger partial charge in [0, 0.05) is 57.1 Å². The minimum absolute atomic E-state index is 0.0429. The van der Waals surface area contributed by atoms with E-state index in [4.69, 9.17) is 5.11 Å². The van der Waals surface area contributed by atoms with E-state index < -0.39 is 0 Å². The van der Waals surface area contributed by atoms with Crippen LogP contribution in [0, 0.1) is 13.8 Å². The highest BCUT2D eigenvalue weighted by Crippen LogP contribution is 2.14. The molecule has 1 aliphatic rings. The largest absolute Gasteiger partial charge is 0.395 e. The van der Waals surface area contributed by atoms with Gasteiger partial charge in [0.2, 0.25) is 5.91 Å². The highest BCUT2D eigenvalue weighted by Gasteiger charge is 2.19. The maximum Gasteiger partial charge on any atom is 0.246 e. The molecule has 1 amide bonds. The Morgan fingerprint density at radius 3 is 2.48 bits per heavy atom. The number of aryl methyl sites for hydroxylation is 2. The quantitative estimate of drug-likeness (QED) is 0.805. The lowest BCUT2D eigenvalue weighted by Gasteiger charge is -2.33. The van der Waals surface area contributed by atoms with Crippen molar-refractivity contribution in [2.24, 2.45) is 7.05 Å². The zero-order valence-corrected chi connectivity index (χ0v) is 13.0. The van der Waals surface area contributed by atoms with Crippen molar-refractivity contribution in [2.75, 3.05) is 39.3 Å². The third-order valence-electron chi connectivity index (χ3n) is 4.06. The number of β-amino-alcohol motifs (C(OH)–C–C–N with tert-alkyl or cyclic N) is 1. The van der Waals surface area contributed by atoms with Gasteiger partial charge >= 0.3 is 0 Å². The second kappa shape index (κ2) is 6.87. The first-order valence-corrected chi connectivity index (χ1v) is 7.33. The maximum atomic E-state index is 12.2. The van der Waals surface area contributed by atoms with Crippen molar-refractivity contribution in [3.05, 3.63) is 23.0 Å². The molecule has 116 valence electrons. The van der Waals surface area contributed by atoms with E-state index in [-0.39, 0.29) is 12.5 Å². The summed E-state index contributed by atoms with van der Waals surface area (Å²) in [4.78, 5) is 16.2. The molecular formula is C15H24N4O2. The molecule has 0 unspecified atom stereocenters. The summed E-state index contributed by atoms with van der Waals surface area (Å²) in [5, 5.41) is 13.3. The molecule has 6 heteroatoms. The molecule has 0 radical (unpaired) electrons. The van der Waals surface area contributed by atoms with Crippen LogP contribution < -0.4 is 0 Å². The molecule has 1 aromatic heterocycles. The van der Waals surface area contributed by atoms with E-state index in [2.05, 4.69) is 10.00 Å². The Morgan fingerprint density at radius 1 is 1.29 bits per heavy atom. The number of rotatable bonds is 4. The summed E-state index contributed by atoms with van der Waals surface area (Å²) in [6.45, 7) is 7.89. The molecule has 1 saturated heterocycles. The van der Waals surface area contributed by atoms with E-state index in [0.717, 1.165) is 30.0 Å². The predicted octanol–water partition coefficient (Wildman–Crippen LogP) is 0.187. The normalized spacial score (nSPS) is 16.9. The van der Waals surface area contributed by atoms with Gasteiger partial charge in [-0.2, -0.15) is 5.10 Å². The number of aliphatic hydroxyl groups excluding tert-OH is 1. The molecule has 0 saturated carbocycles. The molecule has 1 aliphatic heterocycles. The fourth-order valence-electron chi connectivity index (χ4n) is 2.62. The molecule has 0 spiro atoms. The van der Waals surface area contributed by atoms with Gasteiger partial charge in [-0.05, 0) is 19.9 Å². The molecule has 0 aliphatic carbocycles. The van der Waals surface area contributed by atoms with Gasteiger partial charge in [0.15, 0.2) is 0 Å². The molecule has 1 fully saturated rings. The second-order valence-electron chi connectivity index (χ2n) is 5.43. The Morgan fingerprint density at radius 2 is 1.95 bits per heavy atom. The number of piperazine rings is 1. The Bertz CT molecular complexity index is 528. The molecule has 6 nitrogen and oxygen atoms in total. The molecule has 1 N–H and O–H groups in total. The fraction of sp³-hybridized carbons (Fsp3) is 0.600. The number of carbonyl (C=O) groups is 1. The van der Waals surface area contributed by atoms with Crippen LogP contribution >= 0.6 is 0 Å². The van der Waals surface area contributed by atoms with Gasteiger partial charge in [-0.15, -0.1) is 0 Å². The smallest absolute Gasteiger partial charge is 0.246 e. The van der Waals surface area contributed by atoms with Crippen molar-refractivity contribution in [1.29, 1.82) is 0 Å². The average Bonchev–Trinajstić information content (AvgIpc) is 2.71. The zero-order valence-electron chi connectivity index (χ0n) is 13.0. The van der Waals surface area contributed by atoms with Gasteiger partial charge in [0.05, 0.1) is 12.3 Å². The monoisotopic (exact) mass is 292 g/mol. The van der Waals surface area contributed by atoms with Crippen LogP contribution in [0.5, 0.6) is 0 Å². The SMILES string of the molecule is Cc1nn(C)c(C)c1/C=C/C(=O)N1CCN(CCO)CC1. The fourth-order valence-corrected chi connectivity index (χ4v) is 2.62. The van der Waals surface area contributed by atoms with Gasteiger partial charge in [-0.1, -0.05) is 0 Å². The van der Waals surface area contributed by atoms with Crippen LogP contribution in [0.4, 0.5) is 0 Å². The topological polar surface area (TPSA) is 61.6 Å². The van der Waals surface area contributed by atoms with Crippen molar-refractivity contribution in [1.82, 2.24) is 19.6 Å². The van der Waals surface area contributed by atoms with Gasteiger partial charge in [0.1, 0.15) is 0 Å². The van der Waals surface area contributed by atoms with Crippen molar-refractivity contribution >= 4 is 12.0 Å². The van der Waals surface area contributed by atoms with E-state index in [0.29, 0.717) is 19.6 Å².